The Hall–Kier alpha value is -1.14. The third kappa shape index (κ3) is 3.69. The molecule has 23 heavy (non-hydrogen) atoms. The number of anilines is 1. The Morgan fingerprint density at radius 2 is 1.91 bits per heavy atom. The summed E-state index contributed by atoms with van der Waals surface area (Å²) in [6.45, 7) is 9.52. The lowest BCUT2D eigenvalue weighted by Crippen LogP contribution is -2.38. The monoisotopic (exact) mass is 322 g/mol. The second kappa shape index (κ2) is 7.18. The van der Waals surface area contributed by atoms with E-state index in [4.69, 9.17) is 9.47 Å². The van der Waals surface area contributed by atoms with Crippen LogP contribution in [0.4, 0.5) is 5.95 Å². The molecule has 0 unspecified atom stereocenters. The maximum Gasteiger partial charge on any atom is 0.227 e. The number of methoxy groups -OCH3 is 1. The van der Waals surface area contributed by atoms with Gasteiger partial charge in [-0.3, -0.25) is 4.57 Å². The highest BCUT2D eigenvalue weighted by atomic mass is 16.5. The zero-order valence-electron chi connectivity index (χ0n) is 14.9. The fourth-order valence-corrected chi connectivity index (χ4v) is 3.60. The molecule has 0 N–H and O–H groups in total. The van der Waals surface area contributed by atoms with E-state index in [-0.39, 0.29) is 6.10 Å². The van der Waals surface area contributed by atoms with Gasteiger partial charge in [-0.25, -0.2) is 0 Å². The Morgan fingerprint density at radius 3 is 2.48 bits per heavy atom. The van der Waals surface area contributed by atoms with Crippen molar-refractivity contribution in [2.24, 2.45) is 5.92 Å². The maximum atomic E-state index is 6.04. The average Bonchev–Trinajstić information content (AvgIpc) is 3.13. The van der Waals surface area contributed by atoms with Gasteiger partial charge in [-0.2, -0.15) is 0 Å². The van der Waals surface area contributed by atoms with E-state index in [0.29, 0.717) is 18.1 Å². The molecule has 6 nitrogen and oxygen atoms in total. The minimum Gasteiger partial charge on any atom is -0.381 e. The molecule has 2 atom stereocenters. The van der Waals surface area contributed by atoms with Crippen LogP contribution >= 0.6 is 0 Å². The van der Waals surface area contributed by atoms with Gasteiger partial charge in [-0.15, -0.1) is 10.2 Å². The molecule has 0 radical (unpaired) electrons. The number of hydrogen-bond acceptors (Lipinski definition) is 5. The number of aromatic nitrogens is 3. The van der Waals surface area contributed by atoms with Crippen LogP contribution in [0.2, 0.25) is 0 Å². The van der Waals surface area contributed by atoms with Gasteiger partial charge in [0.25, 0.3) is 0 Å². The predicted molar refractivity (Wildman–Crippen MR) is 89.6 cm³/mol. The molecule has 2 saturated heterocycles. The lowest BCUT2D eigenvalue weighted by atomic mass is 10.1. The van der Waals surface area contributed by atoms with Gasteiger partial charge in [0, 0.05) is 26.7 Å². The first kappa shape index (κ1) is 16.7. The predicted octanol–water partition coefficient (Wildman–Crippen LogP) is 2.79. The summed E-state index contributed by atoms with van der Waals surface area (Å²) in [6, 6.07) is 0. The molecular weight excluding hydrogens is 292 g/mol. The highest BCUT2D eigenvalue weighted by Crippen LogP contribution is 2.33. The summed E-state index contributed by atoms with van der Waals surface area (Å²) >= 11 is 0. The zero-order chi connectivity index (χ0) is 16.4. The van der Waals surface area contributed by atoms with E-state index in [0.717, 1.165) is 57.1 Å². The second-order valence-corrected chi connectivity index (χ2v) is 7.30. The number of hydrogen-bond donors (Lipinski definition) is 0. The van der Waals surface area contributed by atoms with Crippen LogP contribution in [-0.2, 0) is 16.0 Å². The van der Waals surface area contributed by atoms with Crippen molar-refractivity contribution < 1.29 is 9.47 Å². The minimum absolute atomic E-state index is 0.0986. The highest BCUT2D eigenvalue weighted by Gasteiger charge is 2.31. The molecule has 0 amide bonds. The van der Waals surface area contributed by atoms with E-state index in [1.807, 2.05) is 0 Å². The summed E-state index contributed by atoms with van der Waals surface area (Å²) in [5.74, 6) is 2.57. The molecule has 3 rings (SSSR count). The van der Waals surface area contributed by atoms with Crippen LogP contribution in [0.1, 0.15) is 58.4 Å². The largest absolute Gasteiger partial charge is 0.381 e. The summed E-state index contributed by atoms with van der Waals surface area (Å²) in [7, 11) is 1.80. The van der Waals surface area contributed by atoms with Crippen molar-refractivity contribution in [2.75, 3.05) is 25.1 Å². The van der Waals surface area contributed by atoms with Gasteiger partial charge in [0.1, 0.15) is 6.10 Å². The first-order valence-corrected chi connectivity index (χ1v) is 8.94. The van der Waals surface area contributed by atoms with E-state index in [9.17, 15) is 0 Å². The van der Waals surface area contributed by atoms with Gasteiger partial charge in [-0.05, 0) is 38.5 Å². The molecule has 2 fully saturated rings. The fraction of sp³-hybridized carbons (Fsp3) is 0.882. The minimum atomic E-state index is 0.0986. The third-order valence-electron chi connectivity index (χ3n) is 4.89. The molecule has 2 aliphatic heterocycles. The van der Waals surface area contributed by atoms with Crippen molar-refractivity contribution in [1.82, 2.24) is 14.8 Å². The summed E-state index contributed by atoms with van der Waals surface area (Å²) in [6.07, 6.45) is 5.06. The summed E-state index contributed by atoms with van der Waals surface area (Å²) in [5.41, 5.74) is 0. The van der Waals surface area contributed by atoms with E-state index in [1.54, 1.807) is 7.11 Å². The van der Waals surface area contributed by atoms with Crippen LogP contribution in [0.25, 0.3) is 0 Å². The SMILES string of the molecule is COC1CCN(c2nnc([C@@H]3CC[C@H](C)O3)n2CC(C)C)CC1. The molecular formula is C17H30N4O2. The smallest absolute Gasteiger partial charge is 0.227 e. The van der Waals surface area contributed by atoms with Crippen LogP contribution in [0.15, 0.2) is 0 Å². The Balaban J connectivity index is 1.81. The number of ether oxygens (including phenoxy) is 2. The van der Waals surface area contributed by atoms with Gasteiger partial charge in [0.15, 0.2) is 5.82 Å². The van der Waals surface area contributed by atoms with Crippen LogP contribution in [0, 0.1) is 5.92 Å². The van der Waals surface area contributed by atoms with Crippen LogP contribution in [0.3, 0.4) is 0 Å². The molecule has 0 bridgehead atoms. The lowest BCUT2D eigenvalue weighted by Gasteiger charge is -2.32. The molecule has 2 aliphatic rings. The normalized spacial score (nSPS) is 26.4. The Bertz CT molecular complexity index is 509. The van der Waals surface area contributed by atoms with Crippen molar-refractivity contribution in [2.45, 2.75) is 71.3 Å². The van der Waals surface area contributed by atoms with Gasteiger partial charge >= 0.3 is 0 Å². The Morgan fingerprint density at radius 1 is 1.17 bits per heavy atom. The molecule has 6 heteroatoms. The molecule has 0 aromatic carbocycles. The van der Waals surface area contributed by atoms with Gasteiger partial charge in [-0.1, -0.05) is 13.8 Å². The summed E-state index contributed by atoms with van der Waals surface area (Å²) in [4.78, 5) is 2.35. The summed E-state index contributed by atoms with van der Waals surface area (Å²) < 4.78 is 13.8. The Labute approximate surface area is 139 Å². The maximum absolute atomic E-state index is 6.04. The van der Waals surface area contributed by atoms with Crippen LogP contribution in [0.5, 0.6) is 0 Å². The number of nitrogens with zero attached hydrogens (tertiary/aromatic N) is 4. The lowest BCUT2D eigenvalue weighted by molar-refractivity contribution is 0.0476. The molecule has 1 aromatic heterocycles. The standard InChI is InChI=1S/C17H30N4O2/c1-12(2)11-21-16(15-6-5-13(3)23-15)18-19-17(21)20-9-7-14(22-4)8-10-20/h12-15H,5-11H2,1-4H3/t13-,15-/m0/s1. The molecule has 0 saturated carbocycles. The first-order chi connectivity index (χ1) is 11.1. The van der Waals surface area contributed by atoms with E-state index in [2.05, 4.69) is 40.4 Å². The van der Waals surface area contributed by atoms with Gasteiger partial charge in [0.2, 0.25) is 5.95 Å². The van der Waals surface area contributed by atoms with E-state index >= 15 is 0 Å². The van der Waals surface area contributed by atoms with Crippen molar-refractivity contribution in [3.63, 3.8) is 0 Å². The highest BCUT2D eigenvalue weighted by molar-refractivity contribution is 5.32. The van der Waals surface area contributed by atoms with Gasteiger partial charge < -0.3 is 14.4 Å². The van der Waals surface area contributed by atoms with Gasteiger partial charge in [0.05, 0.1) is 12.2 Å². The number of rotatable bonds is 5. The van der Waals surface area contributed by atoms with Crippen molar-refractivity contribution in [1.29, 1.82) is 0 Å². The topological polar surface area (TPSA) is 52.4 Å². The third-order valence-corrected chi connectivity index (χ3v) is 4.89. The molecule has 0 aliphatic carbocycles. The van der Waals surface area contributed by atoms with Crippen LogP contribution in [-0.4, -0.2) is 47.2 Å². The number of piperidine rings is 1. The van der Waals surface area contributed by atoms with Crippen LogP contribution < -0.4 is 4.90 Å². The van der Waals surface area contributed by atoms with E-state index in [1.165, 1.54) is 0 Å². The van der Waals surface area contributed by atoms with E-state index < -0.39 is 0 Å². The van der Waals surface area contributed by atoms with Crippen molar-refractivity contribution in [3.8, 4) is 0 Å². The second-order valence-electron chi connectivity index (χ2n) is 7.30. The molecule has 0 spiro atoms. The zero-order valence-corrected chi connectivity index (χ0v) is 14.9. The summed E-state index contributed by atoms with van der Waals surface area (Å²) in [5, 5.41) is 9.05. The van der Waals surface area contributed by atoms with Crippen molar-refractivity contribution in [3.05, 3.63) is 5.82 Å². The molecule has 1 aromatic rings. The fourth-order valence-electron chi connectivity index (χ4n) is 3.60. The quantitative estimate of drug-likeness (QED) is 0.834. The molecule has 3 heterocycles. The first-order valence-electron chi connectivity index (χ1n) is 8.94. The Kier molecular flexibility index (Phi) is 5.21. The van der Waals surface area contributed by atoms with Crippen molar-refractivity contribution >= 4 is 5.95 Å². The average molecular weight is 322 g/mol. The molecule has 130 valence electrons.